The van der Waals surface area contributed by atoms with Crippen LogP contribution in [0.5, 0.6) is 5.75 Å². The monoisotopic (exact) mass is 366 g/mol. The lowest BCUT2D eigenvalue weighted by Gasteiger charge is -2.35. The van der Waals surface area contributed by atoms with Gasteiger partial charge in [-0.1, -0.05) is 20.8 Å². The predicted octanol–water partition coefficient (Wildman–Crippen LogP) is 4.65. The molecule has 1 amide bonds. The third-order valence-electron chi connectivity index (χ3n) is 5.56. The van der Waals surface area contributed by atoms with Gasteiger partial charge >= 0.3 is 0 Å². The standard InChI is InChI=1S/C23H30N2O2/c1-23(2,3)15-27-21-10-5-16(6-11-21)22(26)25(19-8-9-19)20-7-4-17-13-24-14-18(17)12-20/h5-6,10-11,14,19-20H,4,7-9,12-13,15H2,1-3H3. The van der Waals surface area contributed by atoms with Crippen molar-refractivity contribution in [3.63, 3.8) is 0 Å². The van der Waals surface area contributed by atoms with Gasteiger partial charge in [-0.3, -0.25) is 9.79 Å². The molecular weight excluding hydrogens is 336 g/mol. The van der Waals surface area contributed by atoms with Crippen molar-refractivity contribution in [1.29, 1.82) is 0 Å². The van der Waals surface area contributed by atoms with Crippen molar-refractivity contribution in [2.75, 3.05) is 13.2 Å². The summed E-state index contributed by atoms with van der Waals surface area (Å²) >= 11 is 0. The number of hydrogen-bond acceptors (Lipinski definition) is 3. The number of carbonyl (C=O) groups excluding carboxylic acids is 1. The van der Waals surface area contributed by atoms with Gasteiger partial charge in [-0.05, 0) is 72.9 Å². The molecule has 1 heterocycles. The van der Waals surface area contributed by atoms with Crippen molar-refractivity contribution in [3.8, 4) is 5.75 Å². The molecular formula is C23H30N2O2. The van der Waals surface area contributed by atoms with E-state index in [0.29, 0.717) is 18.7 Å². The van der Waals surface area contributed by atoms with Gasteiger partial charge in [0.15, 0.2) is 0 Å². The Labute approximate surface area is 162 Å². The smallest absolute Gasteiger partial charge is 0.254 e. The second-order valence-corrected chi connectivity index (χ2v) is 9.31. The minimum Gasteiger partial charge on any atom is -0.493 e. The van der Waals surface area contributed by atoms with Crippen LogP contribution in [0.2, 0.25) is 0 Å². The van der Waals surface area contributed by atoms with Gasteiger partial charge in [0.1, 0.15) is 5.75 Å². The molecule has 3 aliphatic rings. The minimum atomic E-state index is 0.120. The summed E-state index contributed by atoms with van der Waals surface area (Å²) in [7, 11) is 0. The predicted molar refractivity (Wildman–Crippen MR) is 109 cm³/mol. The first-order chi connectivity index (χ1) is 12.9. The van der Waals surface area contributed by atoms with E-state index in [9.17, 15) is 4.79 Å². The second-order valence-electron chi connectivity index (χ2n) is 9.31. The lowest BCUT2D eigenvalue weighted by Crippen LogP contribution is -2.43. The normalized spacial score (nSPS) is 22.0. The van der Waals surface area contributed by atoms with Gasteiger partial charge in [0.2, 0.25) is 0 Å². The number of hydrogen-bond donors (Lipinski definition) is 0. The van der Waals surface area contributed by atoms with Crippen LogP contribution < -0.4 is 4.74 Å². The van der Waals surface area contributed by atoms with Crippen LogP contribution >= 0.6 is 0 Å². The molecule has 0 bridgehead atoms. The first-order valence-corrected chi connectivity index (χ1v) is 10.2. The van der Waals surface area contributed by atoms with E-state index in [1.807, 2.05) is 30.5 Å². The quantitative estimate of drug-likeness (QED) is 0.761. The van der Waals surface area contributed by atoms with E-state index in [2.05, 4.69) is 30.7 Å². The maximum atomic E-state index is 13.3. The average Bonchev–Trinajstić information content (AvgIpc) is 3.35. The molecule has 1 fully saturated rings. The summed E-state index contributed by atoms with van der Waals surface area (Å²) in [6.45, 7) is 7.99. The van der Waals surface area contributed by atoms with E-state index in [1.54, 1.807) is 0 Å². The van der Waals surface area contributed by atoms with Crippen LogP contribution in [0.25, 0.3) is 0 Å². The number of nitrogens with zero attached hydrogens (tertiary/aromatic N) is 2. The molecule has 4 rings (SSSR count). The summed E-state index contributed by atoms with van der Waals surface area (Å²) in [5.41, 5.74) is 3.74. The van der Waals surface area contributed by atoms with E-state index in [1.165, 1.54) is 11.1 Å². The zero-order chi connectivity index (χ0) is 19.0. The summed E-state index contributed by atoms with van der Waals surface area (Å²) in [5, 5.41) is 0. The Kier molecular flexibility index (Phi) is 4.83. The van der Waals surface area contributed by atoms with Crippen molar-refractivity contribution in [2.45, 2.75) is 65.0 Å². The molecule has 0 spiro atoms. The molecule has 144 valence electrons. The first kappa shape index (κ1) is 18.3. The summed E-state index contributed by atoms with van der Waals surface area (Å²) in [6, 6.07) is 8.41. The zero-order valence-corrected chi connectivity index (χ0v) is 16.7. The molecule has 0 aromatic heterocycles. The van der Waals surface area contributed by atoms with Crippen LogP contribution in [0.3, 0.4) is 0 Å². The van der Waals surface area contributed by atoms with Gasteiger partial charge in [0, 0.05) is 23.9 Å². The molecule has 0 N–H and O–H groups in total. The van der Waals surface area contributed by atoms with Crippen LogP contribution in [-0.4, -0.2) is 42.3 Å². The van der Waals surface area contributed by atoms with E-state index < -0.39 is 0 Å². The van der Waals surface area contributed by atoms with E-state index in [0.717, 1.165) is 50.0 Å². The Balaban J connectivity index is 1.46. The van der Waals surface area contributed by atoms with Gasteiger partial charge in [-0.15, -0.1) is 0 Å². The molecule has 0 radical (unpaired) electrons. The molecule has 4 heteroatoms. The first-order valence-electron chi connectivity index (χ1n) is 10.2. The van der Waals surface area contributed by atoms with Crippen LogP contribution in [0, 0.1) is 5.41 Å². The Bertz CT molecular complexity index is 767. The fourth-order valence-corrected chi connectivity index (χ4v) is 3.95. The highest BCUT2D eigenvalue weighted by atomic mass is 16.5. The molecule has 4 nitrogen and oxygen atoms in total. The maximum absolute atomic E-state index is 13.3. The van der Waals surface area contributed by atoms with E-state index in [-0.39, 0.29) is 11.3 Å². The van der Waals surface area contributed by atoms with Crippen molar-refractivity contribution < 1.29 is 9.53 Å². The molecule has 1 unspecified atom stereocenters. The van der Waals surface area contributed by atoms with Crippen molar-refractivity contribution in [2.24, 2.45) is 10.4 Å². The van der Waals surface area contributed by atoms with Gasteiger partial charge in [-0.2, -0.15) is 0 Å². The fraction of sp³-hybridized carbons (Fsp3) is 0.565. The highest BCUT2D eigenvalue weighted by Gasteiger charge is 2.39. The van der Waals surface area contributed by atoms with Crippen molar-refractivity contribution >= 4 is 12.1 Å². The molecule has 1 aromatic rings. The van der Waals surface area contributed by atoms with E-state index >= 15 is 0 Å². The SMILES string of the molecule is CC(C)(C)COc1ccc(C(=O)N(C2CC2)C2CCC3=C(C=NC3)C2)cc1. The molecule has 27 heavy (non-hydrogen) atoms. The summed E-state index contributed by atoms with van der Waals surface area (Å²) < 4.78 is 5.84. The highest BCUT2D eigenvalue weighted by molar-refractivity contribution is 5.95. The molecule has 1 aliphatic heterocycles. The number of amides is 1. The third kappa shape index (κ3) is 4.26. The number of ether oxygens (including phenoxy) is 1. The Morgan fingerprint density at radius 1 is 1.15 bits per heavy atom. The van der Waals surface area contributed by atoms with Crippen LogP contribution in [-0.2, 0) is 0 Å². The molecule has 1 saturated carbocycles. The number of aliphatic imine (C=N–C) groups is 1. The number of benzene rings is 1. The molecule has 1 aromatic carbocycles. The Hall–Kier alpha value is -2.10. The third-order valence-corrected chi connectivity index (χ3v) is 5.56. The zero-order valence-electron chi connectivity index (χ0n) is 16.7. The molecule has 0 saturated heterocycles. The van der Waals surface area contributed by atoms with E-state index in [4.69, 9.17) is 4.74 Å². The minimum absolute atomic E-state index is 0.120. The number of carbonyl (C=O) groups is 1. The summed E-state index contributed by atoms with van der Waals surface area (Å²) in [5.74, 6) is 0.998. The van der Waals surface area contributed by atoms with Gasteiger partial charge in [0.25, 0.3) is 5.91 Å². The highest BCUT2D eigenvalue weighted by Crippen LogP contribution is 2.37. The van der Waals surface area contributed by atoms with Gasteiger partial charge < -0.3 is 9.64 Å². The van der Waals surface area contributed by atoms with Crippen molar-refractivity contribution in [1.82, 2.24) is 4.90 Å². The Morgan fingerprint density at radius 3 is 2.56 bits per heavy atom. The van der Waals surface area contributed by atoms with Crippen LogP contribution in [0.1, 0.15) is 63.2 Å². The van der Waals surface area contributed by atoms with Gasteiger partial charge in [-0.25, -0.2) is 0 Å². The van der Waals surface area contributed by atoms with Crippen LogP contribution in [0.4, 0.5) is 0 Å². The molecule has 2 aliphatic carbocycles. The van der Waals surface area contributed by atoms with Crippen LogP contribution in [0.15, 0.2) is 40.4 Å². The Morgan fingerprint density at radius 2 is 1.89 bits per heavy atom. The summed E-state index contributed by atoms with van der Waals surface area (Å²) in [4.78, 5) is 19.9. The average molecular weight is 367 g/mol. The summed E-state index contributed by atoms with van der Waals surface area (Å²) in [6.07, 6.45) is 7.41. The molecule has 1 atom stereocenters. The van der Waals surface area contributed by atoms with Gasteiger partial charge in [0.05, 0.1) is 13.2 Å². The second kappa shape index (κ2) is 7.14. The lowest BCUT2D eigenvalue weighted by molar-refractivity contribution is 0.0645. The lowest BCUT2D eigenvalue weighted by atomic mass is 9.88. The van der Waals surface area contributed by atoms with Crippen molar-refractivity contribution in [3.05, 3.63) is 41.0 Å². The number of rotatable bonds is 5. The topological polar surface area (TPSA) is 41.9 Å². The largest absolute Gasteiger partial charge is 0.493 e. The maximum Gasteiger partial charge on any atom is 0.254 e. The fourth-order valence-electron chi connectivity index (χ4n) is 3.95.